The van der Waals surface area contributed by atoms with E-state index in [2.05, 4.69) is 20.9 Å². The average molecular weight is 242 g/mol. The molecule has 1 aromatic rings. The Morgan fingerprint density at radius 1 is 1.58 bits per heavy atom. The first kappa shape index (κ1) is 6.88. The summed E-state index contributed by atoms with van der Waals surface area (Å²) in [5.74, 6) is 0. The Balaban J connectivity index is 3.53. The van der Waals surface area contributed by atoms with Gasteiger partial charge in [-0.15, -0.1) is 0 Å². The highest BCUT2D eigenvalue weighted by Crippen LogP contribution is 2.35. The average Bonchev–Trinajstić information content (AvgIpc) is 1.97. The van der Waals surface area contributed by atoms with Crippen molar-refractivity contribution in [3.63, 3.8) is 0 Å². The van der Waals surface area contributed by atoms with Crippen LogP contribution in [0.25, 0.3) is 0 Å². The van der Waals surface area contributed by atoms with E-state index in [-0.39, 0.29) is 5.69 Å². The van der Waals surface area contributed by atoms with Gasteiger partial charge in [0.05, 0.1) is 14.0 Å². The monoisotopic (exact) mass is 241 g/mol. The molecule has 0 N–H and O–H groups in total. The Morgan fingerprint density at radius 2 is 2.17 bits per heavy atom. The zero-order valence-corrected chi connectivity index (χ0v) is 7.55. The Hall–Kier alpha value is -0.580. The summed E-state index contributed by atoms with van der Waals surface area (Å²) in [5.41, 5.74) is -1.29. The fraction of sp³-hybridized carbons (Fsp3) is 0.286. The number of rotatable bonds is 0. The van der Waals surface area contributed by atoms with Gasteiger partial charge in [0.25, 0.3) is 0 Å². The summed E-state index contributed by atoms with van der Waals surface area (Å²) >= 11 is 2.65. The molecule has 66 valence electrons. The van der Waals surface area contributed by atoms with E-state index < -0.39 is 28.4 Å². The highest BCUT2D eigenvalue weighted by Gasteiger charge is 2.35. The second-order valence-electron chi connectivity index (χ2n) is 2.12. The van der Waals surface area contributed by atoms with Crippen molar-refractivity contribution in [1.82, 2.24) is 4.98 Å². The summed E-state index contributed by atoms with van der Waals surface area (Å²) in [6.07, 6.45) is -5.03. The third kappa shape index (κ3) is 1.77. The summed E-state index contributed by atoms with van der Waals surface area (Å²) in [6, 6.07) is -0.553. The number of pyridine rings is 1. The molecule has 0 aliphatic heterocycles. The number of hydrogen-bond acceptors (Lipinski definition) is 1. The lowest BCUT2D eigenvalue weighted by molar-refractivity contribution is -0.138. The first-order valence-corrected chi connectivity index (χ1v) is 3.75. The molecule has 1 rings (SSSR count). The van der Waals surface area contributed by atoms with Crippen LogP contribution in [0.5, 0.6) is 0 Å². The van der Waals surface area contributed by atoms with Crippen molar-refractivity contribution in [2.24, 2.45) is 0 Å². The van der Waals surface area contributed by atoms with E-state index in [4.69, 9.17) is 2.74 Å². The van der Waals surface area contributed by atoms with Crippen LogP contribution in [-0.2, 0) is 6.18 Å². The number of halogens is 4. The Morgan fingerprint density at radius 3 is 2.67 bits per heavy atom. The van der Waals surface area contributed by atoms with E-state index in [1.807, 2.05) is 0 Å². The van der Waals surface area contributed by atoms with Crippen molar-refractivity contribution in [2.75, 3.05) is 0 Å². The summed E-state index contributed by atoms with van der Waals surface area (Å²) in [5, 5.41) is 0. The Bertz CT molecular complexity index is 378. The van der Waals surface area contributed by atoms with Crippen LogP contribution >= 0.6 is 15.9 Å². The molecule has 12 heavy (non-hydrogen) atoms. The first-order chi connectivity index (χ1) is 6.25. The minimum atomic E-state index is -4.56. The van der Waals surface area contributed by atoms with Crippen molar-refractivity contribution < 1.29 is 15.9 Å². The van der Waals surface area contributed by atoms with Crippen LogP contribution in [0.2, 0.25) is 0 Å². The Kier molecular flexibility index (Phi) is 1.75. The second-order valence-corrected chi connectivity index (χ2v) is 2.91. The van der Waals surface area contributed by atoms with E-state index >= 15 is 0 Å². The fourth-order valence-corrected chi connectivity index (χ4v) is 1.37. The lowest BCUT2D eigenvalue weighted by Gasteiger charge is -2.10. The van der Waals surface area contributed by atoms with Crippen molar-refractivity contribution in [2.45, 2.75) is 13.1 Å². The molecule has 5 heteroatoms. The summed E-state index contributed by atoms with van der Waals surface area (Å²) in [6.45, 7) is 1.16. The smallest absolute Gasteiger partial charge is 0.261 e. The van der Waals surface area contributed by atoms with E-state index in [1.54, 1.807) is 0 Å². The van der Waals surface area contributed by atoms with Gasteiger partial charge < -0.3 is 0 Å². The number of hydrogen-bond donors (Lipinski definition) is 0. The van der Waals surface area contributed by atoms with Gasteiger partial charge in [-0.05, 0) is 13.0 Å². The molecule has 0 unspecified atom stereocenters. The van der Waals surface area contributed by atoms with Gasteiger partial charge in [-0.1, -0.05) is 15.9 Å². The standard InChI is InChI=1S/C7H5BrF3N/c1-4-6(7(9,10)11)5(8)2-3-12-4/h2-3H,1H3/i2D,3D. The van der Waals surface area contributed by atoms with Crippen LogP contribution in [0.3, 0.4) is 0 Å². The molecule has 0 amide bonds. The van der Waals surface area contributed by atoms with Crippen molar-refractivity contribution in [3.05, 3.63) is 27.9 Å². The summed E-state index contributed by atoms with van der Waals surface area (Å²) in [4.78, 5) is 3.33. The van der Waals surface area contributed by atoms with Crippen LogP contribution in [-0.4, -0.2) is 4.98 Å². The van der Waals surface area contributed by atoms with Crippen LogP contribution in [0.1, 0.15) is 14.0 Å². The number of alkyl halides is 3. The van der Waals surface area contributed by atoms with Crippen LogP contribution in [0.4, 0.5) is 13.2 Å². The van der Waals surface area contributed by atoms with Gasteiger partial charge in [-0.25, -0.2) is 0 Å². The summed E-state index contributed by atoms with van der Waals surface area (Å²) in [7, 11) is 0. The molecule has 1 heterocycles. The molecule has 0 fully saturated rings. The maximum atomic E-state index is 12.4. The minimum absolute atomic E-state index is 0.301. The van der Waals surface area contributed by atoms with Gasteiger partial charge in [0, 0.05) is 10.6 Å². The third-order valence-corrected chi connectivity index (χ3v) is 1.85. The molecule has 0 aliphatic rings. The third-order valence-electron chi connectivity index (χ3n) is 1.25. The van der Waals surface area contributed by atoms with E-state index in [0.717, 1.165) is 6.92 Å². The number of nitrogens with zero attached hydrogens (tertiary/aromatic N) is 1. The Labute approximate surface area is 78.6 Å². The fourth-order valence-electron chi connectivity index (χ4n) is 0.768. The van der Waals surface area contributed by atoms with Crippen LogP contribution in [0.15, 0.2) is 16.7 Å². The SMILES string of the molecule is [2H]c1nc(C)c(C(F)(F)F)c(Br)c1[2H]. The predicted molar refractivity (Wildman–Crippen MR) is 41.7 cm³/mol. The van der Waals surface area contributed by atoms with Crippen LogP contribution < -0.4 is 0 Å². The van der Waals surface area contributed by atoms with Crippen molar-refractivity contribution >= 4 is 15.9 Å². The van der Waals surface area contributed by atoms with Crippen molar-refractivity contribution in [3.8, 4) is 0 Å². The maximum Gasteiger partial charge on any atom is 0.419 e. The normalized spacial score (nSPS) is 14.1. The molecule has 0 saturated carbocycles. The van der Waals surface area contributed by atoms with E-state index in [1.165, 1.54) is 0 Å². The summed E-state index contributed by atoms with van der Waals surface area (Å²) < 4.78 is 51.1. The molecule has 0 radical (unpaired) electrons. The van der Waals surface area contributed by atoms with Gasteiger partial charge in [0.15, 0.2) is 0 Å². The van der Waals surface area contributed by atoms with Gasteiger partial charge >= 0.3 is 6.18 Å². The lowest BCUT2D eigenvalue weighted by atomic mass is 10.2. The maximum absolute atomic E-state index is 12.4. The molecule has 1 aromatic heterocycles. The molecule has 1 nitrogen and oxygen atoms in total. The van der Waals surface area contributed by atoms with Gasteiger partial charge in [0.1, 0.15) is 0 Å². The molecule has 0 aliphatic carbocycles. The topological polar surface area (TPSA) is 12.9 Å². The second kappa shape index (κ2) is 3.05. The lowest BCUT2D eigenvalue weighted by Crippen LogP contribution is -2.09. The highest BCUT2D eigenvalue weighted by molar-refractivity contribution is 9.10. The predicted octanol–water partition coefficient (Wildman–Crippen LogP) is 3.17. The first-order valence-electron chi connectivity index (χ1n) is 3.95. The molecular formula is C7H5BrF3N. The molecule has 0 spiro atoms. The molecule has 0 bridgehead atoms. The van der Waals surface area contributed by atoms with Crippen LogP contribution in [0, 0.1) is 6.92 Å². The highest BCUT2D eigenvalue weighted by atomic mass is 79.9. The molecule has 0 saturated heterocycles. The zero-order valence-electron chi connectivity index (χ0n) is 7.96. The largest absolute Gasteiger partial charge is 0.419 e. The van der Waals surface area contributed by atoms with E-state index in [0.29, 0.717) is 0 Å². The number of aromatic nitrogens is 1. The van der Waals surface area contributed by atoms with E-state index in [9.17, 15) is 13.2 Å². The van der Waals surface area contributed by atoms with Crippen molar-refractivity contribution in [1.29, 1.82) is 0 Å². The molecular weight excluding hydrogens is 235 g/mol. The minimum Gasteiger partial charge on any atom is -0.261 e. The number of aryl methyl sites for hydroxylation is 1. The molecule has 0 atom stereocenters. The quantitative estimate of drug-likeness (QED) is 0.680. The van der Waals surface area contributed by atoms with Gasteiger partial charge in [-0.2, -0.15) is 13.2 Å². The molecule has 0 aromatic carbocycles. The van der Waals surface area contributed by atoms with Gasteiger partial charge in [-0.3, -0.25) is 4.98 Å². The zero-order chi connectivity index (χ0) is 11.1. The van der Waals surface area contributed by atoms with Gasteiger partial charge in [0.2, 0.25) is 0 Å².